The van der Waals surface area contributed by atoms with Crippen LogP contribution in [0.3, 0.4) is 0 Å². The summed E-state index contributed by atoms with van der Waals surface area (Å²) in [6, 6.07) is 17.5. The van der Waals surface area contributed by atoms with Crippen LogP contribution in [0.1, 0.15) is 27.2 Å². The normalized spacial score (nSPS) is 19.6. The summed E-state index contributed by atoms with van der Waals surface area (Å²) in [5.41, 5.74) is 4.12. The second-order valence-electron chi connectivity index (χ2n) is 6.65. The van der Waals surface area contributed by atoms with Gasteiger partial charge in [-0.1, -0.05) is 54.7 Å². The molecule has 2 aliphatic heterocycles. The lowest BCUT2D eigenvalue weighted by atomic mass is 10.1. The zero-order chi connectivity index (χ0) is 18.8. The Morgan fingerprint density at radius 3 is 2.29 bits per heavy atom. The van der Waals surface area contributed by atoms with Crippen molar-refractivity contribution >= 4 is 58.9 Å². The summed E-state index contributed by atoms with van der Waals surface area (Å²) < 4.78 is 0. The van der Waals surface area contributed by atoms with E-state index in [4.69, 9.17) is 0 Å². The van der Waals surface area contributed by atoms with Gasteiger partial charge in [-0.15, -0.1) is 24.0 Å². The lowest BCUT2D eigenvalue weighted by Crippen LogP contribution is -2.27. The highest BCUT2D eigenvalue weighted by atomic mass is 127. The van der Waals surface area contributed by atoms with Gasteiger partial charge in [-0.25, -0.2) is 0 Å². The minimum Gasteiger partial charge on any atom is -0.355 e. The van der Waals surface area contributed by atoms with E-state index in [0.717, 1.165) is 19.5 Å². The van der Waals surface area contributed by atoms with Crippen LogP contribution in [0.25, 0.3) is 0 Å². The fourth-order valence-corrected chi connectivity index (χ4v) is 6.25. The van der Waals surface area contributed by atoms with Crippen molar-refractivity contribution in [1.29, 1.82) is 0 Å². The molecule has 0 amide bonds. The molecule has 1 unspecified atom stereocenters. The average molecular weight is 523 g/mol. The molecule has 0 N–H and O–H groups in total. The Morgan fingerprint density at radius 1 is 0.929 bits per heavy atom. The molecule has 1 atom stereocenters. The lowest BCUT2D eigenvalue weighted by Gasteiger charge is -2.23. The highest BCUT2D eigenvalue weighted by molar-refractivity contribution is 14.0. The van der Waals surface area contributed by atoms with Crippen LogP contribution in [0, 0.1) is 0 Å². The van der Waals surface area contributed by atoms with Crippen LogP contribution in [0.2, 0.25) is 0 Å². The Bertz CT molecular complexity index is 894. The predicted octanol–water partition coefficient (Wildman–Crippen LogP) is 7.37. The molecule has 28 heavy (non-hydrogen) atoms. The molecule has 0 fully saturated rings. The molecule has 2 aliphatic rings. The molecule has 0 bridgehead atoms. The standard InChI is InChI=1S/C23H26N2S2.HI/c1-4-17(15-22-24(5-2)18-11-7-9-13-20(18)26-22)16-23-25(6-3)19-12-8-10-14-21(19)27-23;/h7-16,22H,4-6H2,1-3H3;1H/b17-15+,23-16-;. The summed E-state index contributed by atoms with van der Waals surface area (Å²) in [6.45, 7) is 8.76. The summed E-state index contributed by atoms with van der Waals surface area (Å²) in [7, 11) is 0. The summed E-state index contributed by atoms with van der Waals surface area (Å²) in [5, 5.41) is 1.72. The first-order chi connectivity index (χ1) is 13.2. The maximum absolute atomic E-state index is 2.50. The van der Waals surface area contributed by atoms with Gasteiger partial charge in [0, 0.05) is 22.9 Å². The molecule has 0 radical (unpaired) electrons. The molecule has 0 aromatic heterocycles. The number of hydrogen-bond acceptors (Lipinski definition) is 4. The second-order valence-corrected chi connectivity index (χ2v) is 8.87. The molecular formula is C23H27IN2S2. The number of benzene rings is 2. The van der Waals surface area contributed by atoms with Crippen molar-refractivity contribution in [3.63, 3.8) is 0 Å². The SMILES string of the molecule is CCC(/C=C1\Sc2ccccc2N1CC)=C\C1Sc2ccccc2N1CC.I. The van der Waals surface area contributed by atoms with E-state index in [1.165, 1.54) is 31.8 Å². The summed E-state index contributed by atoms with van der Waals surface area (Å²) in [5.74, 6) is 0. The van der Waals surface area contributed by atoms with Crippen molar-refractivity contribution in [1.82, 2.24) is 0 Å². The van der Waals surface area contributed by atoms with Gasteiger partial charge in [0.15, 0.2) is 0 Å². The fraction of sp³-hybridized carbons (Fsp3) is 0.304. The summed E-state index contributed by atoms with van der Waals surface area (Å²) in [6.07, 6.45) is 5.90. The van der Waals surface area contributed by atoms with Gasteiger partial charge < -0.3 is 9.80 Å². The molecule has 0 aliphatic carbocycles. The summed E-state index contributed by atoms with van der Waals surface area (Å²) >= 11 is 3.85. The van der Waals surface area contributed by atoms with E-state index in [1.54, 1.807) is 0 Å². The van der Waals surface area contributed by atoms with Gasteiger partial charge in [0.05, 0.1) is 21.8 Å². The Kier molecular flexibility index (Phi) is 7.45. The van der Waals surface area contributed by atoms with Crippen molar-refractivity contribution in [3.8, 4) is 0 Å². The van der Waals surface area contributed by atoms with Crippen molar-refractivity contribution in [2.75, 3.05) is 22.9 Å². The number of fused-ring (bicyclic) bond motifs is 2. The van der Waals surface area contributed by atoms with Gasteiger partial charge in [0.25, 0.3) is 0 Å². The van der Waals surface area contributed by atoms with Crippen LogP contribution in [0.15, 0.2) is 81.1 Å². The largest absolute Gasteiger partial charge is 0.355 e. The van der Waals surface area contributed by atoms with Gasteiger partial charge in [-0.3, -0.25) is 0 Å². The third-order valence-electron chi connectivity index (χ3n) is 5.10. The third-order valence-corrected chi connectivity index (χ3v) is 7.44. The molecule has 4 rings (SSSR count). The fourth-order valence-electron chi connectivity index (χ4n) is 3.70. The molecule has 0 saturated heterocycles. The van der Waals surface area contributed by atoms with Crippen molar-refractivity contribution in [2.45, 2.75) is 42.4 Å². The molecule has 148 valence electrons. The molecule has 5 heteroatoms. The molecule has 2 aromatic carbocycles. The van der Waals surface area contributed by atoms with Gasteiger partial charge in [-0.05, 0) is 62.3 Å². The molecule has 2 heterocycles. The van der Waals surface area contributed by atoms with Gasteiger partial charge in [0.2, 0.25) is 0 Å². The number of rotatable bonds is 5. The van der Waals surface area contributed by atoms with Crippen molar-refractivity contribution in [3.05, 3.63) is 71.3 Å². The maximum atomic E-state index is 2.50. The van der Waals surface area contributed by atoms with E-state index in [0.29, 0.717) is 5.37 Å². The number of anilines is 2. The van der Waals surface area contributed by atoms with E-state index >= 15 is 0 Å². The predicted molar refractivity (Wildman–Crippen MR) is 136 cm³/mol. The van der Waals surface area contributed by atoms with E-state index < -0.39 is 0 Å². The number of halogens is 1. The maximum Gasteiger partial charge on any atom is 0.0988 e. The van der Waals surface area contributed by atoms with Crippen LogP contribution >= 0.6 is 47.5 Å². The van der Waals surface area contributed by atoms with Crippen molar-refractivity contribution in [2.24, 2.45) is 0 Å². The molecule has 2 nitrogen and oxygen atoms in total. The first-order valence-corrected chi connectivity index (χ1v) is 11.4. The van der Waals surface area contributed by atoms with E-state index in [2.05, 4.69) is 91.3 Å². The summed E-state index contributed by atoms with van der Waals surface area (Å²) in [4.78, 5) is 7.68. The number of allylic oxidation sites excluding steroid dienone is 2. The minimum atomic E-state index is 0. The number of nitrogens with zero attached hydrogens (tertiary/aromatic N) is 2. The van der Waals surface area contributed by atoms with Crippen LogP contribution < -0.4 is 9.80 Å². The first kappa shape index (κ1) is 21.7. The molecular weight excluding hydrogens is 495 g/mol. The van der Waals surface area contributed by atoms with Crippen LogP contribution in [-0.2, 0) is 0 Å². The van der Waals surface area contributed by atoms with Gasteiger partial charge in [-0.2, -0.15) is 0 Å². The smallest absolute Gasteiger partial charge is 0.0988 e. The van der Waals surface area contributed by atoms with Gasteiger partial charge >= 0.3 is 0 Å². The topological polar surface area (TPSA) is 6.48 Å². The number of para-hydroxylation sites is 2. The van der Waals surface area contributed by atoms with Gasteiger partial charge in [0.1, 0.15) is 0 Å². The molecule has 2 aromatic rings. The van der Waals surface area contributed by atoms with Crippen LogP contribution in [0.4, 0.5) is 11.4 Å². The Balaban J connectivity index is 0.00000225. The highest BCUT2D eigenvalue weighted by Crippen LogP contribution is 2.47. The third kappa shape index (κ3) is 4.12. The average Bonchev–Trinajstić information content (AvgIpc) is 3.23. The monoisotopic (exact) mass is 522 g/mol. The first-order valence-electron chi connectivity index (χ1n) is 9.74. The van der Waals surface area contributed by atoms with E-state index in [9.17, 15) is 0 Å². The van der Waals surface area contributed by atoms with E-state index in [1.807, 2.05) is 23.5 Å². The Morgan fingerprint density at radius 2 is 1.61 bits per heavy atom. The molecule has 0 spiro atoms. The molecule has 0 saturated carbocycles. The highest BCUT2D eigenvalue weighted by Gasteiger charge is 2.28. The zero-order valence-corrected chi connectivity index (χ0v) is 20.6. The second kappa shape index (κ2) is 9.63. The van der Waals surface area contributed by atoms with E-state index in [-0.39, 0.29) is 24.0 Å². The zero-order valence-electron chi connectivity index (χ0n) is 16.6. The number of thioether (sulfide) groups is 2. The number of hydrogen-bond donors (Lipinski definition) is 0. The lowest BCUT2D eigenvalue weighted by molar-refractivity contribution is 0.871. The van der Waals surface area contributed by atoms with Crippen molar-refractivity contribution < 1.29 is 0 Å². The van der Waals surface area contributed by atoms with Crippen LogP contribution in [-0.4, -0.2) is 18.5 Å². The Labute approximate surface area is 194 Å². The Hall–Kier alpha value is -1.05. The minimum absolute atomic E-state index is 0. The quantitative estimate of drug-likeness (QED) is 0.378. The van der Waals surface area contributed by atoms with Crippen LogP contribution in [0.5, 0.6) is 0 Å². The number of likely N-dealkylation sites (N-methyl/N-ethyl adjacent to an activating group) is 1.